The minimum Gasteiger partial charge on any atom is -0.481 e. The normalized spacial score (nSPS) is 19.0. The molecule has 7 heteroatoms. The van der Waals surface area contributed by atoms with E-state index in [0.29, 0.717) is 43.1 Å². The number of hydrogen-bond donors (Lipinski definition) is 1. The van der Waals surface area contributed by atoms with Crippen LogP contribution in [0.1, 0.15) is 51.0 Å². The van der Waals surface area contributed by atoms with Crippen LogP contribution in [0.3, 0.4) is 0 Å². The molecule has 2 aromatic heterocycles. The Kier molecular flexibility index (Phi) is 8.11. The summed E-state index contributed by atoms with van der Waals surface area (Å²) in [7, 11) is 2.00. The maximum atomic E-state index is 11.0. The van der Waals surface area contributed by atoms with Crippen molar-refractivity contribution in [3.05, 3.63) is 60.7 Å². The number of carboxylic acids is 1. The molecule has 2 heterocycles. The number of allylic oxidation sites excluding steroid dienone is 5. The summed E-state index contributed by atoms with van der Waals surface area (Å²) in [6.07, 6.45) is 13.0. The van der Waals surface area contributed by atoms with Crippen molar-refractivity contribution >= 4 is 11.5 Å². The fourth-order valence-electron chi connectivity index (χ4n) is 3.61. The minimum atomic E-state index is -0.701. The summed E-state index contributed by atoms with van der Waals surface area (Å²) in [4.78, 5) is 22.2. The zero-order chi connectivity index (χ0) is 23.1. The zero-order valence-electron chi connectivity index (χ0n) is 19.1. The summed E-state index contributed by atoms with van der Waals surface area (Å²) in [5, 5.41) is 13.2. The molecule has 3 rings (SSSR count). The molecule has 0 aliphatic heterocycles. The summed E-state index contributed by atoms with van der Waals surface area (Å²) in [5.41, 5.74) is 2.52. The van der Waals surface area contributed by atoms with Crippen molar-refractivity contribution < 1.29 is 14.4 Å². The Morgan fingerprint density at radius 1 is 1.38 bits per heavy atom. The van der Waals surface area contributed by atoms with Crippen LogP contribution in [0.2, 0.25) is 0 Å². The summed E-state index contributed by atoms with van der Waals surface area (Å²) >= 11 is 0. The lowest BCUT2D eigenvalue weighted by Gasteiger charge is -2.39. The maximum Gasteiger partial charge on any atom is 0.306 e. The smallest absolute Gasteiger partial charge is 0.306 e. The third kappa shape index (κ3) is 6.23. The van der Waals surface area contributed by atoms with Crippen molar-refractivity contribution in [2.45, 2.75) is 52.1 Å². The van der Waals surface area contributed by atoms with E-state index in [-0.39, 0.29) is 5.92 Å². The van der Waals surface area contributed by atoms with Gasteiger partial charge in [-0.3, -0.25) is 14.7 Å². The second kappa shape index (κ2) is 11.0. The van der Waals surface area contributed by atoms with E-state index >= 15 is 0 Å². The number of rotatable bonds is 11. The van der Waals surface area contributed by atoms with Crippen LogP contribution in [0.4, 0.5) is 0 Å². The van der Waals surface area contributed by atoms with E-state index < -0.39 is 5.97 Å². The number of hydrogen-bond acceptors (Lipinski definition) is 6. The number of aliphatic carboxylic acids is 1. The van der Waals surface area contributed by atoms with E-state index in [1.807, 2.05) is 31.3 Å². The number of aromatic nitrogens is 3. The van der Waals surface area contributed by atoms with Gasteiger partial charge in [-0.2, -0.15) is 4.98 Å². The van der Waals surface area contributed by atoms with Crippen molar-refractivity contribution in [1.82, 2.24) is 20.0 Å². The standard InChI is InChI=1S/C25H32N4O3/c1-5-8-18(10-7-6-9-17(2)3)23-27-24(32-28-23)19-11-12-21(26-15-19)16-29(4)22-13-20(14-22)25(30)31/h5,7-8,10-12,15,17,20,22H,1,6,9,13-14,16H2,2-4H3,(H,30,31)/b10-7-,18-8+. The topological polar surface area (TPSA) is 92.4 Å². The largest absolute Gasteiger partial charge is 0.481 e. The van der Waals surface area contributed by atoms with Gasteiger partial charge < -0.3 is 9.63 Å². The molecule has 0 saturated heterocycles. The van der Waals surface area contributed by atoms with Gasteiger partial charge in [0.15, 0.2) is 0 Å². The van der Waals surface area contributed by atoms with E-state index in [2.05, 4.69) is 46.5 Å². The van der Waals surface area contributed by atoms with Crippen LogP contribution in [-0.4, -0.2) is 44.2 Å². The van der Waals surface area contributed by atoms with Gasteiger partial charge in [0, 0.05) is 24.4 Å². The molecule has 0 unspecified atom stereocenters. The molecule has 1 saturated carbocycles. The first kappa shape index (κ1) is 23.6. The predicted molar refractivity (Wildman–Crippen MR) is 125 cm³/mol. The SMILES string of the molecule is C=C/C=C(\C=C/CCC(C)C)c1noc(-c2ccc(CN(C)C3CC(C(=O)O)C3)nc2)n1. The third-order valence-electron chi connectivity index (χ3n) is 5.76. The van der Waals surface area contributed by atoms with Crippen LogP contribution in [0.15, 0.2) is 53.7 Å². The van der Waals surface area contributed by atoms with Gasteiger partial charge >= 0.3 is 5.97 Å². The Morgan fingerprint density at radius 3 is 2.78 bits per heavy atom. The third-order valence-corrected chi connectivity index (χ3v) is 5.76. The van der Waals surface area contributed by atoms with Crippen LogP contribution in [0.5, 0.6) is 0 Å². The molecular weight excluding hydrogens is 404 g/mol. The molecule has 1 aliphatic rings. The Hall–Kier alpha value is -3.06. The highest BCUT2D eigenvalue weighted by Crippen LogP contribution is 2.32. The van der Waals surface area contributed by atoms with Gasteiger partial charge in [-0.05, 0) is 50.8 Å². The highest BCUT2D eigenvalue weighted by atomic mass is 16.5. The van der Waals surface area contributed by atoms with Crippen molar-refractivity contribution in [3.8, 4) is 11.5 Å². The molecule has 1 N–H and O–H groups in total. The van der Waals surface area contributed by atoms with Gasteiger partial charge in [0.05, 0.1) is 17.2 Å². The maximum absolute atomic E-state index is 11.0. The fraction of sp³-hybridized carbons (Fsp3) is 0.440. The van der Waals surface area contributed by atoms with Crippen LogP contribution < -0.4 is 0 Å². The van der Waals surface area contributed by atoms with Crippen LogP contribution in [0, 0.1) is 11.8 Å². The molecule has 0 amide bonds. The summed E-state index contributed by atoms with van der Waals surface area (Å²) < 4.78 is 5.47. The average Bonchev–Trinajstić information content (AvgIpc) is 3.19. The Balaban J connectivity index is 1.61. The predicted octanol–water partition coefficient (Wildman–Crippen LogP) is 4.99. The van der Waals surface area contributed by atoms with Crippen LogP contribution >= 0.6 is 0 Å². The minimum absolute atomic E-state index is 0.213. The van der Waals surface area contributed by atoms with E-state index in [1.165, 1.54) is 0 Å². The lowest BCUT2D eigenvalue weighted by Crippen LogP contribution is -2.44. The monoisotopic (exact) mass is 436 g/mol. The average molecular weight is 437 g/mol. The summed E-state index contributed by atoms with van der Waals surface area (Å²) in [5.74, 6) is 0.681. The van der Waals surface area contributed by atoms with Crippen LogP contribution in [0.25, 0.3) is 17.0 Å². The van der Waals surface area contributed by atoms with Gasteiger partial charge in [-0.25, -0.2) is 0 Å². The van der Waals surface area contributed by atoms with Gasteiger partial charge in [0.25, 0.3) is 5.89 Å². The lowest BCUT2D eigenvalue weighted by molar-refractivity contribution is -0.146. The zero-order valence-corrected chi connectivity index (χ0v) is 19.1. The van der Waals surface area contributed by atoms with Crippen LogP contribution in [-0.2, 0) is 11.3 Å². The second-order valence-electron chi connectivity index (χ2n) is 8.77. The van der Waals surface area contributed by atoms with E-state index in [0.717, 1.165) is 29.7 Å². The van der Waals surface area contributed by atoms with E-state index in [9.17, 15) is 4.79 Å². The second-order valence-corrected chi connectivity index (χ2v) is 8.77. The van der Waals surface area contributed by atoms with E-state index in [1.54, 1.807) is 12.3 Å². The molecule has 170 valence electrons. The summed E-state index contributed by atoms with van der Waals surface area (Å²) in [6.45, 7) is 8.86. The molecular formula is C25H32N4O3. The number of pyridine rings is 1. The van der Waals surface area contributed by atoms with Gasteiger partial charge in [-0.1, -0.05) is 49.9 Å². The highest BCUT2D eigenvalue weighted by molar-refractivity contribution is 5.72. The molecule has 32 heavy (non-hydrogen) atoms. The number of carboxylic acid groups (broad SMARTS) is 1. The first-order valence-electron chi connectivity index (χ1n) is 11.1. The molecule has 0 atom stereocenters. The van der Waals surface area contributed by atoms with Gasteiger partial charge in [0.1, 0.15) is 0 Å². The molecule has 0 spiro atoms. The Labute approximate surface area is 189 Å². The van der Waals surface area contributed by atoms with E-state index in [4.69, 9.17) is 9.63 Å². The first-order chi connectivity index (χ1) is 15.4. The fourth-order valence-corrected chi connectivity index (χ4v) is 3.61. The van der Waals surface area contributed by atoms with Crippen molar-refractivity contribution in [2.75, 3.05) is 7.05 Å². The molecule has 2 aromatic rings. The number of carbonyl (C=O) groups is 1. The quantitative estimate of drug-likeness (QED) is 0.496. The molecule has 0 bridgehead atoms. The Bertz CT molecular complexity index is 969. The van der Waals surface area contributed by atoms with Gasteiger partial charge in [-0.15, -0.1) is 0 Å². The number of nitrogens with zero attached hydrogens (tertiary/aromatic N) is 4. The van der Waals surface area contributed by atoms with Crippen molar-refractivity contribution in [2.24, 2.45) is 11.8 Å². The van der Waals surface area contributed by atoms with Crippen molar-refractivity contribution in [1.29, 1.82) is 0 Å². The first-order valence-corrected chi connectivity index (χ1v) is 11.1. The lowest BCUT2D eigenvalue weighted by atomic mass is 9.79. The van der Waals surface area contributed by atoms with Crippen molar-refractivity contribution in [3.63, 3.8) is 0 Å². The highest BCUT2D eigenvalue weighted by Gasteiger charge is 2.36. The molecule has 0 aromatic carbocycles. The molecule has 7 nitrogen and oxygen atoms in total. The van der Waals surface area contributed by atoms with Gasteiger partial charge in [0.2, 0.25) is 5.82 Å². The molecule has 1 fully saturated rings. The molecule has 0 radical (unpaired) electrons. The molecule has 1 aliphatic carbocycles. The Morgan fingerprint density at radius 2 is 2.16 bits per heavy atom. The summed E-state index contributed by atoms with van der Waals surface area (Å²) in [6, 6.07) is 4.15.